The van der Waals surface area contributed by atoms with Gasteiger partial charge in [0.05, 0.1) is 10.6 Å². The van der Waals surface area contributed by atoms with Gasteiger partial charge in [0.1, 0.15) is 0 Å². The molecule has 1 aliphatic heterocycles. The van der Waals surface area contributed by atoms with Crippen molar-refractivity contribution in [3.8, 4) is 0 Å². The van der Waals surface area contributed by atoms with Gasteiger partial charge < -0.3 is 16.0 Å². The van der Waals surface area contributed by atoms with Crippen molar-refractivity contribution in [2.24, 2.45) is 5.92 Å². The molecular formula is C20H29Cl2N3O2. The van der Waals surface area contributed by atoms with Crippen molar-refractivity contribution >= 4 is 41.5 Å². The number of benzene rings is 1. The molecule has 5 nitrogen and oxygen atoms in total. The molecule has 0 spiro atoms. The Bertz CT molecular complexity index is 663. The van der Waals surface area contributed by atoms with Gasteiger partial charge in [-0.3, -0.25) is 9.59 Å². The molecule has 2 aliphatic rings. The molecule has 1 aromatic carbocycles. The predicted octanol–water partition coefficient (Wildman–Crippen LogP) is 4.15. The van der Waals surface area contributed by atoms with Crippen LogP contribution in [0.15, 0.2) is 18.2 Å². The van der Waals surface area contributed by atoms with Crippen LogP contribution < -0.4 is 16.0 Å². The van der Waals surface area contributed by atoms with E-state index in [9.17, 15) is 9.59 Å². The summed E-state index contributed by atoms with van der Waals surface area (Å²) in [6.45, 7) is 2.95. The van der Waals surface area contributed by atoms with E-state index in [1.807, 2.05) is 0 Å². The lowest BCUT2D eigenvalue weighted by molar-refractivity contribution is -0.120. The molecule has 1 aliphatic carbocycles. The highest BCUT2D eigenvalue weighted by molar-refractivity contribution is 6.34. The first-order chi connectivity index (χ1) is 12.5. The summed E-state index contributed by atoms with van der Waals surface area (Å²) >= 11 is 6.23. The van der Waals surface area contributed by atoms with E-state index in [-0.39, 0.29) is 36.2 Å². The maximum atomic E-state index is 12.6. The molecule has 2 fully saturated rings. The van der Waals surface area contributed by atoms with Crippen LogP contribution in [0, 0.1) is 5.92 Å². The van der Waals surface area contributed by atoms with Gasteiger partial charge in [-0.1, -0.05) is 30.9 Å². The third-order valence-electron chi connectivity index (χ3n) is 5.41. The molecule has 7 heteroatoms. The largest absolute Gasteiger partial charge is 0.349 e. The predicted molar refractivity (Wildman–Crippen MR) is 112 cm³/mol. The first-order valence-electron chi connectivity index (χ1n) is 9.67. The number of carbonyl (C=O) groups excluding carboxylic acids is 2. The Morgan fingerprint density at radius 1 is 1.15 bits per heavy atom. The summed E-state index contributed by atoms with van der Waals surface area (Å²) in [6, 6.07) is 5.69. The summed E-state index contributed by atoms with van der Waals surface area (Å²) in [4.78, 5) is 25.1. The first kappa shape index (κ1) is 22.0. The van der Waals surface area contributed by atoms with Crippen molar-refractivity contribution < 1.29 is 9.59 Å². The lowest BCUT2D eigenvalue weighted by atomic mass is 9.92. The average molecular weight is 414 g/mol. The molecule has 2 amide bonds. The maximum Gasteiger partial charge on any atom is 0.253 e. The number of hydrogen-bond donors (Lipinski definition) is 3. The minimum Gasteiger partial charge on any atom is -0.349 e. The maximum absolute atomic E-state index is 12.6. The van der Waals surface area contributed by atoms with Crippen LogP contribution in [0.25, 0.3) is 0 Å². The Morgan fingerprint density at radius 3 is 2.59 bits per heavy atom. The summed E-state index contributed by atoms with van der Waals surface area (Å²) in [5.74, 6) is -0.144. The summed E-state index contributed by atoms with van der Waals surface area (Å²) in [5, 5.41) is 9.79. The monoisotopic (exact) mass is 413 g/mol. The molecule has 1 saturated carbocycles. The SMILES string of the molecule is C[C@H]1C[C@@H](C(=O)Nc2ccc(Cl)c(C(=O)NC3CCCCC3)c2)CCN1.Cl. The zero-order valence-corrected chi connectivity index (χ0v) is 17.3. The molecule has 2 atom stereocenters. The zero-order valence-electron chi connectivity index (χ0n) is 15.7. The van der Waals surface area contributed by atoms with E-state index in [4.69, 9.17) is 11.6 Å². The van der Waals surface area contributed by atoms with E-state index >= 15 is 0 Å². The number of hydrogen-bond acceptors (Lipinski definition) is 3. The van der Waals surface area contributed by atoms with E-state index in [1.54, 1.807) is 18.2 Å². The van der Waals surface area contributed by atoms with Crippen molar-refractivity contribution in [1.82, 2.24) is 10.6 Å². The van der Waals surface area contributed by atoms with Crippen LogP contribution in [0.4, 0.5) is 5.69 Å². The Hall–Kier alpha value is -1.30. The van der Waals surface area contributed by atoms with Crippen LogP contribution in [-0.2, 0) is 4.79 Å². The summed E-state index contributed by atoms with van der Waals surface area (Å²) < 4.78 is 0. The third-order valence-corrected chi connectivity index (χ3v) is 5.74. The van der Waals surface area contributed by atoms with Gasteiger partial charge in [-0.25, -0.2) is 0 Å². The average Bonchev–Trinajstić information content (AvgIpc) is 2.64. The lowest BCUT2D eigenvalue weighted by Gasteiger charge is -2.27. The standard InChI is InChI=1S/C20H28ClN3O2.ClH/c1-13-11-14(9-10-22-13)19(25)24-16-7-8-18(21)17(12-16)20(26)23-15-5-3-2-4-6-15;/h7-8,12-15,22H,2-6,9-11H2,1H3,(H,23,26)(H,24,25);1H/t13-,14-;/m0./s1. The second-order valence-corrected chi connectivity index (χ2v) is 7.98. The van der Waals surface area contributed by atoms with Crippen molar-refractivity contribution in [3.63, 3.8) is 0 Å². The van der Waals surface area contributed by atoms with E-state index in [2.05, 4.69) is 22.9 Å². The molecule has 1 saturated heterocycles. The van der Waals surface area contributed by atoms with E-state index in [0.29, 0.717) is 22.3 Å². The van der Waals surface area contributed by atoms with E-state index in [1.165, 1.54) is 6.42 Å². The van der Waals surface area contributed by atoms with Gasteiger partial charge in [0.25, 0.3) is 5.91 Å². The highest BCUT2D eigenvalue weighted by Gasteiger charge is 2.25. The summed E-state index contributed by atoms with van der Waals surface area (Å²) in [6.07, 6.45) is 7.26. The zero-order chi connectivity index (χ0) is 18.5. The van der Waals surface area contributed by atoms with Gasteiger partial charge in [-0.2, -0.15) is 0 Å². The van der Waals surface area contributed by atoms with Crippen molar-refractivity contribution in [2.45, 2.75) is 64.0 Å². The van der Waals surface area contributed by atoms with Gasteiger partial charge in [0.15, 0.2) is 0 Å². The van der Waals surface area contributed by atoms with Gasteiger partial charge in [0.2, 0.25) is 5.91 Å². The van der Waals surface area contributed by atoms with Gasteiger partial charge in [-0.05, 0) is 57.4 Å². The van der Waals surface area contributed by atoms with Crippen molar-refractivity contribution in [1.29, 1.82) is 0 Å². The molecular weight excluding hydrogens is 385 g/mol. The minimum absolute atomic E-state index is 0. The number of amides is 2. The van der Waals surface area contributed by atoms with Gasteiger partial charge in [-0.15, -0.1) is 12.4 Å². The molecule has 1 heterocycles. The fourth-order valence-electron chi connectivity index (χ4n) is 3.90. The molecule has 1 aromatic rings. The van der Waals surface area contributed by atoms with Crippen LogP contribution in [0.5, 0.6) is 0 Å². The molecule has 0 radical (unpaired) electrons. The van der Waals surface area contributed by atoms with Crippen LogP contribution in [0.2, 0.25) is 5.02 Å². The van der Waals surface area contributed by atoms with Crippen LogP contribution >= 0.6 is 24.0 Å². The summed E-state index contributed by atoms with van der Waals surface area (Å²) in [7, 11) is 0. The Balaban J connectivity index is 0.00000261. The minimum atomic E-state index is -0.159. The highest BCUT2D eigenvalue weighted by atomic mass is 35.5. The van der Waals surface area contributed by atoms with Crippen LogP contribution in [0.3, 0.4) is 0 Å². The van der Waals surface area contributed by atoms with E-state index in [0.717, 1.165) is 45.1 Å². The second-order valence-electron chi connectivity index (χ2n) is 7.57. The number of piperidine rings is 1. The fraction of sp³-hybridized carbons (Fsp3) is 0.600. The third kappa shape index (κ3) is 6.09. The Morgan fingerprint density at radius 2 is 1.89 bits per heavy atom. The van der Waals surface area contributed by atoms with Gasteiger partial charge in [0, 0.05) is 23.7 Å². The molecule has 3 N–H and O–H groups in total. The molecule has 0 aromatic heterocycles. The van der Waals surface area contributed by atoms with Crippen LogP contribution in [0.1, 0.15) is 62.2 Å². The lowest BCUT2D eigenvalue weighted by Crippen LogP contribution is -2.40. The number of rotatable bonds is 4. The molecule has 0 unspecified atom stereocenters. The van der Waals surface area contributed by atoms with E-state index < -0.39 is 0 Å². The highest BCUT2D eigenvalue weighted by Crippen LogP contribution is 2.24. The molecule has 27 heavy (non-hydrogen) atoms. The molecule has 3 rings (SSSR count). The number of halogens is 2. The van der Waals surface area contributed by atoms with Crippen molar-refractivity contribution in [2.75, 3.05) is 11.9 Å². The molecule has 150 valence electrons. The Labute approximate surface area is 172 Å². The molecule has 0 bridgehead atoms. The number of nitrogens with one attached hydrogen (secondary N) is 3. The topological polar surface area (TPSA) is 70.2 Å². The smallest absolute Gasteiger partial charge is 0.253 e. The quantitative estimate of drug-likeness (QED) is 0.693. The fourth-order valence-corrected chi connectivity index (χ4v) is 4.10. The Kier molecular flexibility index (Phi) is 8.39. The van der Waals surface area contributed by atoms with Crippen molar-refractivity contribution in [3.05, 3.63) is 28.8 Å². The van der Waals surface area contributed by atoms with Crippen LogP contribution in [-0.4, -0.2) is 30.4 Å². The van der Waals surface area contributed by atoms with Gasteiger partial charge >= 0.3 is 0 Å². The summed E-state index contributed by atoms with van der Waals surface area (Å²) in [5.41, 5.74) is 1.05. The number of carbonyl (C=O) groups is 2. The number of anilines is 1. The normalized spacial score (nSPS) is 23.2. The second kappa shape index (κ2) is 10.3. The first-order valence-corrected chi connectivity index (χ1v) is 10.1.